The molecule has 3 N–H and O–H groups in total. The van der Waals surface area contributed by atoms with Crippen LogP contribution < -0.4 is 26.0 Å². The van der Waals surface area contributed by atoms with Gasteiger partial charge in [-0.3, -0.25) is 0 Å². The third-order valence-electron chi connectivity index (χ3n) is 8.19. The van der Waals surface area contributed by atoms with Crippen molar-refractivity contribution in [2.45, 2.75) is 53.2 Å². The zero-order valence-corrected chi connectivity index (χ0v) is 25.3. The molecule has 8 nitrogen and oxygen atoms in total. The SMILES string of the molecule is COc1cc(P(C)(C)=O)ccc1NCC#Cc1nn2c(NC34CCC(NC5COC5)(C3)C4)cccc2c1SC(F)(F)F. The lowest BCUT2D eigenvalue weighted by atomic mass is 9.70. The van der Waals surface area contributed by atoms with Crippen molar-refractivity contribution in [2.24, 2.45) is 0 Å². The maximum absolute atomic E-state index is 13.6. The Morgan fingerprint density at radius 3 is 2.62 bits per heavy atom. The first kappa shape index (κ1) is 29.2. The van der Waals surface area contributed by atoms with Crippen molar-refractivity contribution in [2.75, 3.05) is 50.8 Å². The van der Waals surface area contributed by atoms with Gasteiger partial charge in [0.05, 0.1) is 49.0 Å². The van der Waals surface area contributed by atoms with Gasteiger partial charge in [-0.2, -0.15) is 18.3 Å². The first-order valence-corrected chi connectivity index (χ1v) is 17.2. The van der Waals surface area contributed by atoms with E-state index >= 15 is 0 Å². The highest BCUT2D eigenvalue weighted by atomic mass is 32.2. The number of anilines is 2. The van der Waals surface area contributed by atoms with E-state index in [-0.39, 0.29) is 40.0 Å². The average molecular weight is 620 g/mol. The minimum absolute atomic E-state index is 0.0271. The summed E-state index contributed by atoms with van der Waals surface area (Å²) < 4.78 is 65.5. The predicted octanol–water partition coefficient (Wildman–Crippen LogP) is 5.13. The number of thioether (sulfide) groups is 1. The van der Waals surface area contributed by atoms with E-state index in [9.17, 15) is 17.7 Å². The third kappa shape index (κ3) is 5.85. The van der Waals surface area contributed by atoms with Crippen LogP contribution in [0.25, 0.3) is 5.52 Å². The van der Waals surface area contributed by atoms with Crippen molar-refractivity contribution >= 4 is 41.2 Å². The third-order valence-corrected chi connectivity index (χ3v) is 10.5. The Morgan fingerprint density at radius 2 is 1.95 bits per heavy atom. The van der Waals surface area contributed by atoms with Gasteiger partial charge in [0, 0.05) is 16.4 Å². The molecule has 13 heteroatoms. The molecule has 0 spiro atoms. The zero-order chi connectivity index (χ0) is 29.8. The molecule has 0 atom stereocenters. The molecule has 3 aromatic rings. The van der Waals surface area contributed by atoms with E-state index < -0.39 is 12.7 Å². The molecular formula is C29H33F3N5O3PS. The number of hydrogen-bond acceptors (Lipinski definition) is 8. The lowest BCUT2D eigenvalue weighted by Gasteiger charge is -2.51. The Labute approximate surface area is 246 Å². The molecule has 3 heterocycles. The summed E-state index contributed by atoms with van der Waals surface area (Å²) in [6, 6.07) is 10.9. The smallest absolute Gasteiger partial charge is 0.446 e. The summed E-state index contributed by atoms with van der Waals surface area (Å²) in [6.45, 7) is 5.00. The predicted molar refractivity (Wildman–Crippen MR) is 160 cm³/mol. The van der Waals surface area contributed by atoms with E-state index in [4.69, 9.17) is 9.47 Å². The Kier molecular flexibility index (Phi) is 7.45. The molecule has 2 aromatic heterocycles. The van der Waals surface area contributed by atoms with Gasteiger partial charge in [-0.25, -0.2) is 4.52 Å². The molecule has 3 saturated carbocycles. The fraction of sp³-hybridized carbons (Fsp3) is 0.483. The second-order valence-electron chi connectivity index (χ2n) is 11.7. The molecule has 0 amide bonds. The highest BCUT2D eigenvalue weighted by Gasteiger charge is 2.61. The van der Waals surface area contributed by atoms with Crippen LogP contribution in [0.3, 0.4) is 0 Å². The standard InChI is InChI=1S/C29H33F3N5O3PS/c1-39-24-14-20(41(2,3)38)9-10-21(24)33-13-5-6-22-26(42-29(30,31)32)23-7-4-8-25(37(23)36-22)35-28-12-11-27(17-28,18-28)34-19-15-40-16-19/h4,7-10,14,19,33-35H,11-13,15-18H2,1-3H3. The van der Waals surface area contributed by atoms with Crippen molar-refractivity contribution in [3.8, 4) is 17.6 Å². The van der Waals surface area contributed by atoms with E-state index in [1.165, 1.54) is 7.11 Å². The van der Waals surface area contributed by atoms with Crippen LogP contribution in [0.4, 0.5) is 24.7 Å². The maximum Gasteiger partial charge on any atom is 0.446 e. The van der Waals surface area contributed by atoms with E-state index in [0.29, 0.717) is 34.1 Å². The summed E-state index contributed by atoms with van der Waals surface area (Å²) in [5.41, 5.74) is -3.44. The highest BCUT2D eigenvalue weighted by Crippen LogP contribution is 2.57. The van der Waals surface area contributed by atoms with Crippen LogP contribution in [0.15, 0.2) is 41.3 Å². The van der Waals surface area contributed by atoms with E-state index in [1.54, 1.807) is 48.2 Å². The van der Waals surface area contributed by atoms with E-state index in [1.807, 2.05) is 6.07 Å². The summed E-state index contributed by atoms with van der Waals surface area (Å²) in [4.78, 5) is -0.0271. The van der Waals surface area contributed by atoms with Gasteiger partial charge in [-0.15, -0.1) is 0 Å². The molecule has 224 valence electrons. The second-order valence-corrected chi connectivity index (χ2v) is 16.0. The normalized spacial score (nSPS) is 23.6. The van der Waals surface area contributed by atoms with Crippen LogP contribution >= 0.6 is 18.9 Å². The minimum Gasteiger partial charge on any atom is -0.495 e. The van der Waals surface area contributed by atoms with Crippen LogP contribution in [0, 0.1) is 11.8 Å². The lowest BCUT2D eigenvalue weighted by Crippen LogP contribution is -2.65. The quantitative estimate of drug-likeness (QED) is 0.173. The topological polar surface area (TPSA) is 88.9 Å². The Morgan fingerprint density at radius 1 is 1.19 bits per heavy atom. The first-order chi connectivity index (χ1) is 19.9. The number of hydrogen-bond donors (Lipinski definition) is 3. The Hall–Kier alpha value is -2.84. The summed E-state index contributed by atoms with van der Waals surface area (Å²) in [5, 5.41) is 15.7. The number of methoxy groups -OCH3 is 1. The minimum atomic E-state index is -4.50. The van der Waals surface area contributed by atoms with Gasteiger partial charge in [0.1, 0.15) is 24.4 Å². The molecule has 7 rings (SSSR count). The van der Waals surface area contributed by atoms with Crippen molar-refractivity contribution in [3.05, 3.63) is 42.1 Å². The van der Waals surface area contributed by atoms with Crippen LogP contribution in [0.2, 0.25) is 0 Å². The number of nitrogens with zero attached hydrogens (tertiary/aromatic N) is 2. The Balaban J connectivity index is 1.22. The Bertz CT molecular complexity index is 1620. The fourth-order valence-electron chi connectivity index (χ4n) is 6.29. The number of aromatic nitrogens is 2. The highest BCUT2D eigenvalue weighted by molar-refractivity contribution is 8.00. The maximum atomic E-state index is 13.6. The molecule has 4 fully saturated rings. The number of fused-ring (bicyclic) bond motifs is 2. The van der Waals surface area contributed by atoms with Gasteiger partial charge in [0.15, 0.2) is 0 Å². The number of rotatable bonds is 9. The molecule has 4 aliphatic rings. The molecule has 42 heavy (non-hydrogen) atoms. The number of alkyl halides is 3. The lowest BCUT2D eigenvalue weighted by molar-refractivity contribution is -0.0327. The van der Waals surface area contributed by atoms with Crippen molar-refractivity contribution < 1.29 is 27.2 Å². The summed E-state index contributed by atoms with van der Waals surface area (Å²) in [7, 11) is -0.947. The molecule has 1 saturated heterocycles. The van der Waals surface area contributed by atoms with Crippen LogP contribution in [-0.2, 0) is 9.30 Å². The van der Waals surface area contributed by atoms with Crippen LogP contribution in [0.1, 0.15) is 31.4 Å². The number of nitrogens with one attached hydrogen (secondary N) is 3. The average Bonchev–Trinajstić information content (AvgIpc) is 3.53. The molecular weight excluding hydrogens is 586 g/mol. The van der Waals surface area contributed by atoms with Crippen molar-refractivity contribution in [1.82, 2.24) is 14.9 Å². The monoisotopic (exact) mass is 619 g/mol. The van der Waals surface area contributed by atoms with Crippen molar-refractivity contribution in [3.63, 3.8) is 0 Å². The zero-order valence-electron chi connectivity index (χ0n) is 23.6. The summed E-state index contributed by atoms with van der Waals surface area (Å²) in [5.74, 6) is 6.92. The fourth-order valence-corrected chi connectivity index (χ4v) is 7.83. The van der Waals surface area contributed by atoms with Crippen LogP contribution in [0.5, 0.6) is 5.75 Å². The first-order valence-electron chi connectivity index (χ1n) is 13.8. The largest absolute Gasteiger partial charge is 0.495 e. The number of pyridine rings is 1. The molecule has 0 unspecified atom stereocenters. The number of halogens is 3. The second kappa shape index (κ2) is 10.7. The van der Waals surface area contributed by atoms with E-state index in [2.05, 4.69) is 32.9 Å². The van der Waals surface area contributed by atoms with Gasteiger partial charge >= 0.3 is 5.51 Å². The molecule has 2 bridgehead atoms. The molecule has 0 radical (unpaired) electrons. The summed E-state index contributed by atoms with van der Waals surface area (Å²) >= 11 is -0.199. The number of ether oxygens (including phenoxy) is 2. The number of benzene rings is 1. The van der Waals surface area contributed by atoms with Gasteiger partial charge in [0.25, 0.3) is 0 Å². The van der Waals surface area contributed by atoms with Crippen molar-refractivity contribution in [1.29, 1.82) is 0 Å². The van der Waals surface area contributed by atoms with Crippen LogP contribution in [-0.4, -0.2) is 72.4 Å². The van der Waals surface area contributed by atoms with Gasteiger partial charge in [0.2, 0.25) is 0 Å². The van der Waals surface area contributed by atoms with Gasteiger partial charge in [-0.1, -0.05) is 12.0 Å². The molecule has 1 aromatic carbocycles. The van der Waals surface area contributed by atoms with E-state index in [0.717, 1.165) is 38.9 Å². The van der Waals surface area contributed by atoms with Gasteiger partial charge in [-0.05, 0) is 87.0 Å². The molecule has 1 aliphatic heterocycles. The summed E-state index contributed by atoms with van der Waals surface area (Å²) in [6.07, 6.45) is 3.94. The van der Waals surface area contributed by atoms with Gasteiger partial charge < -0.3 is 30.0 Å². The molecule has 3 aliphatic carbocycles.